The van der Waals surface area contributed by atoms with Crippen LogP contribution < -0.4 is 0 Å². The molecule has 8 atom stereocenters. The number of imide groups is 1. The molecule has 0 bridgehead atoms. The minimum atomic E-state index is -2.29. The third kappa shape index (κ3) is 16.9. The average molecular weight is 1030 g/mol. The monoisotopic (exact) mass is 1030 g/mol. The SMILES string of the molecule is CC[C@H](/C=C(/C)[C@H](C[C@H](C[C@H](OCOC)C(C)(C)C1=CC(=O)C[C@H](C[C@@H](OC)[C@H](OCOC)C(=O)N2C(=O)OC[C@@H]2Cc2ccccc2)O1)OC)O[Si](C)(C)C(C)(C)C)CO[Si](C(C)C)(C(C)C)C(C)C. The molecule has 71 heavy (non-hydrogen) atoms. The maximum atomic E-state index is 14.3. The molecule has 1 saturated heterocycles. The predicted molar refractivity (Wildman–Crippen MR) is 284 cm³/mol. The third-order valence-electron chi connectivity index (χ3n) is 15.4. The minimum absolute atomic E-state index is 0.000704. The quantitative estimate of drug-likeness (QED) is 0.0395. The molecule has 3 rings (SSSR count). The van der Waals surface area contributed by atoms with Crippen molar-refractivity contribution in [2.24, 2.45) is 11.3 Å². The van der Waals surface area contributed by atoms with Gasteiger partial charge in [-0.2, -0.15) is 0 Å². The van der Waals surface area contributed by atoms with Gasteiger partial charge in [0, 0.05) is 72.2 Å². The Hall–Kier alpha value is -2.78. The van der Waals surface area contributed by atoms with Crippen LogP contribution in [0.2, 0.25) is 34.8 Å². The zero-order chi connectivity index (χ0) is 53.5. The number of nitrogens with zero attached hydrogens (tertiary/aromatic N) is 1. The summed E-state index contributed by atoms with van der Waals surface area (Å²) in [5, 5.41) is -0.0336. The second kappa shape index (κ2) is 28.2. The molecule has 2 amide bonds. The van der Waals surface area contributed by atoms with Crippen LogP contribution in [0.15, 0.2) is 53.8 Å². The fourth-order valence-corrected chi connectivity index (χ4v) is 17.0. The van der Waals surface area contributed by atoms with Gasteiger partial charge in [-0.1, -0.05) is 119 Å². The molecule has 1 aromatic carbocycles. The molecule has 0 radical (unpaired) electrons. The van der Waals surface area contributed by atoms with Crippen LogP contribution in [0.1, 0.15) is 128 Å². The van der Waals surface area contributed by atoms with Gasteiger partial charge in [0.2, 0.25) is 0 Å². The summed E-state index contributed by atoms with van der Waals surface area (Å²) in [5.74, 6) is -0.127. The normalized spacial score (nSPS) is 20.2. The molecule has 0 aromatic heterocycles. The summed E-state index contributed by atoms with van der Waals surface area (Å²) in [6.45, 7) is 34.2. The van der Waals surface area contributed by atoms with Crippen LogP contribution in [0.4, 0.5) is 4.79 Å². The molecule has 14 nitrogen and oxygen atoms in total. The van der Waals surface area contributed by atoms with Gasteiger partial charge in [0.1, 0.15) is 32.1 Å². The maximum absolute atomic E-state index is 14.3. The fraction of sp³-hybridized carbons (Fsp3) is 0.764. The lowest BCUT2D eigenvalue weighted by molar-refractivity contribution is -0.168. The van der Waals surface area contributed by atoms with E-state index >= 15 is 0 Å². The highest BCUT2D eigenvalue weighted by atomic mass is 28.4. The van der Waals surface area contributed by atoms with Gasteiger partial charge in [-0.25, -0.2) is 9.69 Å². The number of ketones is 1. The Bertz CT molecular complexity index is 1840. The van der Waals surface area contributed by atoms with Gasteiger partial charge >= 0.3 is 6.09 Å². The van der Waals surface area contributed by atoms with E-state index in [1.165, 1.54) is 14.2 Å². The summed E-state index contributed by atoms with van der Waals surface area (Å²) in [6.07, 6.45) is 1.61. The van der Waals surface area contributed by atoms with Gasteiger partial charge in [-0.05, 0) is 71.6 Å². The topological polar surface area (TPSA) is 147 Å². The molecule has 1 fully saturated rings. The van der Waals surface area contributed by atoms with Crippen LogP contribution in [0.25, 0.3) is 0 Å². The molecule has 406 valence electrons. The molecule has 0 aliphatic carbocycles. The second-order valence-corrected chi connectivity index (χ2v) is 33.0. The average Bonchev–Trinajstić information content (AvgIpc) is 3.66. The maximum Gasteiger partial charge on any atom is 0.417 e. The first-order valence-corrected chi connectivity index (χ1v) is 31.0. The van der Waals surface area contributed by atoms with Crippen LogP contribution in [-0.4, -0.2) is 137 Å². The zero-order valence-corrected chi connectivity index (χ0v) is 49.2. The van der Waals surface area contributed by atoms with E-state index in [1.807, 2.05) is 44.2 Å². The highest BCUT2D eigenvalue weighted by Crippen LogP contribution is 2.44. The summed E-state index contributed by atoms with van der Waals surface area (Å²) in [4.78, 5) is 42.3. The highest BCUT2D eigenvalue weighted by Gasteiger charge is 2.48. The Morgan fingerprint density at radius 2 is 1.48 bits per heavy atom. The third-order valence-corrected chi connectivity index (χ3v) is 26.0. The predicted octanol–water partition coefficient (Wildman–Crippen LogP) is 11.6. The van der Waals surface area contributed by atoms with Crippen molar-refractivity contribution in [1.82, 2.24) is 4.90 Å². The van der Waals surface area contributed by atoms with Crippen LogP contribution >= 0.6 is 0 Å². The summed E-state index contributed by atoms with van der Waals surface area (Å²) in [7, 11) is 1.84. The number of carbonyl (C=O) groups is 3. The van der Waals surface area contributed by atoms with Gasteiger partial charge in [0.05, 0.1) is 30.5 Å². The van der Waals surface area contributed by atoms with E-state index in [-0.39, 0.29) is 62.0 Å². The van der Waals surface area contributed by atoms with E-state index in [1.54, 1.807) is 20.3 Å². The smallest absolute Gasteiger partial charge is 0.417 e. The van der Waals surface area contributed by atoms with E-state index in [0.29, 0.717) is 48.3 Å². The van der Waals surface area contributed by atoms with Crippen LogP contribution in [0, 0.1) is 11.3 Å². The Morgan fingerprint density at radius 1 is 0.873 bits per heavy atom. The number of methoxy groups -OCH3 is 4. The molecular weight excluding hydrogens is 939 g/mol. The van der Waals surface area contributed by atoms with Crippen LogP contribution in [0.5, 0.6) is 0 Å². The molecular formula is C55H95NO13Si2. The van der Waals surface area contributed by atoms with Crippen molar-refractivity contribution in [2.45, 2.75) is 206 Å². The minimum Gasteiger partial charge on any atom is -0.493 e. The Kier molecular flexibility index (Phi) is 24.8. The second-order valence-electron chi connectivity index (χ2n) is 22.7. The van der Waals surface area contributed by atoms with Crippen molar-refractivity contribution in [3.05, 3.63) is 59.4 Å². The summed E-state index contributed by atoms with van der Waals surface area (Å²) >= 11 is 0. The number of carbonyl (C=O) groups excluding carboxylic acids is 3. The molecule has 1 aromatic rings. The van der Waals surface area contributed by atoms with Crippen molar-refractivity contribution >= 4 is 34.4 Å². The molecule has 0 N–H and O–H groups in total. The number of ether oxygens (including phenoxy) is 8. The summed E-state index contributed by atoms with van der Waals surface area (Å²) in [6, 6.07) is 9.03. The fourth-order valence-electron chi connectivity index (χ4n) is 10.2. The number of amides is 2. The number of cyclic esters (lactones) is 1. The Labute approximate surface area is 430 Å². The lowest BCUT2D eigenvalue weighted by Crippen LogP contribution is -2.52. The van der Waals surface area contributed by atoms with E-state index in [9.17, 15) is 14.4 Å². The Morgan fingerprint density at radius 3 is 2.01 bits per heavy atom. The van der Waals surface area contributed by atoms with Gasteiger partial charge in [0.15, 0.2) is 28.5 Å². The molecule has 2 aliphatic heterocycles. The Balaban J connectivity index is 1.93. The summed E-state index contributed by atoms with van der Waals surface area (Å²) in [5.41, 5.74) is 2.71. The van der Waals surface area contributed by atoms with Crippen molar-refractivity contribution in [2.75, 3.05) is 55.2 Å². The molecule has 16 heteroatoms. The van der Waals surface area contributed by atoms with Crippen molar-refractivity contribution < 1.29 is 61.1 Å². The number of rotatable bonds is 31. The first kappa shape index (κ1) is 62.5. The standard InChI is InChI=1S/C55H95NO13Si2/c1-20-41(33-67-71(37(2)3,38(4)5)39(6)7)26-40(8)47(69-70(18,19)54(9,10)11)30-45(62-16)32-49(65-35-60-14)55(12,13)50-29-44(57)28-46(68-50)31-48(63-17)51(66-36-61-15)52(58)56-43(34-64-53(56)59)27-42-24-22-21-23-25-42/h21-26,29,37-39,41,43,45-49,51H,20,27-28,30-36H2,1-19H3/b40-26-/t41-,43+,45-,46-,47+,48-,49+,51+/m1/s1. The van der Waals surface area contributed by atoms with E-state index in [2.05, 4.69) is 95.3 Å². The first-order valence-electron chi connectivity index (χ1n) is 26.0. The largest absolute Gasteiger partial charge is 0.493 e. The van der Waals surface area contributed by atoms with E-state index in [4.69, 9.17) is 46.7 Å². The number of allylic oxidation sites excluding steroid dienone is 1. The van der Waals surface area contributed by atoms with Crippen molar-refractivity contribution in [3.8, 4) is 0 Å². The lowest BCUT2D eigenvalue weighted by atomic mass is 9.79. The van der Waals surface area contributed by atoms with Gasteiger partial charge < -0.3 is 46.7 Å². The summed E-state index contributed by atoms with van der Waals surface area (Å²) < 4.78 is 62.0. The number of hydrogen-bond acceptors (Lipinski definition) is 13. The van der Waals surface area contributed by atoms with Gasteiger partial charge in [0.25, 0.3) is 5.91 Å². The first-order chi connectivity index (χ1) is 33.2. The molecule has 0 saturated carbocycles. The van der Waals surface area contributed by atoms with Gasteiger partial charge in [-0.15, -0.1) is 0 Å². The van der Waals surface area contributed by atoms with Crippen LogP contribution in [0.3, 0.4) is 0 Å². The van der Waals surface area contributed by atoms with Crippen molar-refractivity contribution in [1.29, 1.82) is 0 Å². The van der Waals surface area contributed by atoms with E-state index < -0.39 is 64.5 Å². The number of benzene rings is 1. The molecule has 0 spiro atoms. The lowest BCUT2D eigenvalue weighted by Gasteiger charge is -2.43. The molecule has 2 aliphatic rings. The highest BCUT2D eigenvalue weighted by molar-refractivity contribution is 6.77. The van der Waals surface area contributed by atoms with Crippen molar-refractivity contribution in [3.63, 3.8) is 0 Å². The van der Waals surface area contributed by atoms with E-state index in [0.717, 1.165) is 22.5 Å². The van der Waals surface area contributed by atoms with Gasteiger partial charge in [-0.3, -0.25) is 9.59 Å². The molecule has 2 heterocycles. The number of hydrogen-bond donors (Lipinski definition) is 0. The van der Waals surface area contributed by atoms with Crippen LogP contribution in [-0.2, 0) is 62.8 Å². The molecule has 0 unspecified atom stereocenters. The zero-order valence-electron chi connectivity index (χ0n) is 47.2.